The lowest BCUT2D eigenvalue weighted by Gasteiger charge is -2.38. The van der Waals surface area contributed by atoms with Crippen molar-refractivity contribution < 1.29 is 14.6 Å². The summed E-state index contributed by atoms with van der Waals surface area (Å²) in [5.74, 6) is -0.138. The molecule has 1 aliphatic carbocycles. The standard InChI is InChI=1S/C24H26N6O3/c25-16-10-19(33-22(21(16)31)14-6-7-14)15-8-9-27-11-18(15)30-24(32)20-23(26)28-12-17(29-20)13-4-2-1-3-5-13/h1-5,8-9,11-12,14,16,19,21-22,31H,6-7,10,25H2,(H2,26,28)(H,30,32). The summed E-state index contributed by atoms with van der Waals surface area (Å²) >= 11 is 0. The van der Waals surface area contributed by atoms with Gasteiger partial charge in [-0.25, -0.2) is 9.97 Å². The van der Waals surface area contributed by atoms with E-state index in [1.807, 2.05) is 30.3 Å². The Balaban J connectivity index is 1.40. The summed E-state index contributed by atoms with van der Waals surface area (Å²) in [7, 11) is 0. The normalized spacial score (nSPS) is 24.9. The summed E-state index contributed by atoms with van der Waals surface area (Å²) in [6, 6.07) is 10.8. The zero-order valence-electron chi connectivity index (χ0n) is 18.0. The highest BCUT2D eigenvalue weighted by molar-refractivity contribution is 6.06. The van der Waals surface area contributed by atoms with Crippen molar-refractivity contribution in [2.45, 2.75) is 43.6 Å². The Bertz CT molecular complexity index is 1150. The molecule has 0 radical (unpaired) electrons. The first kappa shape index (κ1) is 21.4. The van der Waals surface area contributed by atoms with Gasteiger partial charge in [-0.3, -0.25) is 9.78 Å². The van der Waals surface area contributed by atoms with Gasteiger partial charge in [-0.15, -0.1) is 0 Å². The van der Waals surface area contributed by atoms with Gasteiger partial charge in [-0.2, -0.15) is 0 Å². The number of rotatable bonds is 5. The number of carbonyl (C=O) groups is 1. The van der Waals surface area contributed by atoms with Crippen molar-refractivity contribution in [2.24, 2.45) is 11.7 Å². The van der Waals surface area contributed by atoms with Crippen molar-refractivity contribution in [3.8, 4) is 11.3 Å². The quantitative estimate of drug-likeness (QED) is 0.466. The van der Waals surface area contributed by atoms with Crippen molar-refractivity contribution in [1.82, 2.24) is 15.0 Å². The average molecular weight is 447 g/mol. The molecule has 1 amide bonds. The number of nitrogens with zero attached hydrogens (tertiary/aromatic N) is 3. The number of aliphatic hydroxyl groups is 1. The van der Waals surface area contributed by atoms with Gasteiger partial charge < -0.3 is 26.6 Å². The van der Waals surface area contributed by atoms with Crippen molar-refractivity contribution in [3.63, 3.8) is 0 Å². The first-order valence-corrected chi connectivity index (χ1v) is 11.0. The number of pyridine rings is 1. The highest BCUT2D eigenvalue weighted by atomic mass is 16.5. The SMILES string of the molecule is Nc1ncc(-c2ccccc2)nc1C(=O)Nc1cnccc1C1CC(N)C(O)C(C2CC2)O1. The Hall–Kier alpha value is -3.40. The molecular formula is C24H26N6O3. The number of aliphatic hydroxyl groups excluding tert-OH is 1. The Morgan fingerprint density at radius 3 is 2.70 bits per heavy atom. The number of amides is 1. The maximum absolute atomic E-state index is 13.1. The van der Waals surface area contributed by atoms with E-state index < -0.39 is 18.1 Å². The third-order valence-corrected chi connectivity index (χ3v) is 6.20. The maximum Gasteiger partial charge on any atom is 0.278 e. The van der Waals surface area contributed by atoms with Gasteiger partial charge >= 0.3 is 0 Å². The molecule has 3 aromatic rings. The highest BCUT2D eigenvalue weighted by Gasteiger charge is 2.45. The number of anilines is 2. The number of hydrogen-bond acceptors (Lipinski definition) is 8. The van der Waals surface area contributed by atoms with E-state index in [9.17, 15) is 9.90 Å². The second kappa shape index (κ2) is 8.86. The Kier molecular flexibility index (Phi) is 5.76. The van der Waals surface area contributed by atoms with Crippen LogP contribution < -0.4 is 16.8 Å². The Labute approximate surface area is 191 Å². The summed E-state index contributed by atoms with van der Waals surface area (Å²) in [6.45, 7) is 0. The molecule has 2 aromatic heterocycles. The van der Waals surface area contributed by atoms with Crippen LogP contribution in [0.25, 0.3) is 11.3 Å². The van der Waals surface area contributed by atoms with E-state index >= 15 is 0 Å². The monoisotopic (exact) mass is 446 g/mol. The smallest absolute Gasteiger partial charge is 0.278 e. The van der Waals surface area contributed by atoms with E-state index in [2.05, 4.69) is 20.3 Å². The van der Waals surface area contributed by atoms with E-state index in [1.165, 1.54) is 6.20 Å². The summed E-state index contributed by atoms with van der Waals surface area (Å²) in [5, 5.41) is 13.3. The maximum atomic E-state index is 13.1. The zero-order valence-corrected chi connectivity index (χ0v) is 18.0. The molecule has 3 heterocycles. The minimum Gasteiger partial charge on any atom is -0.389 e. The molecule has 0 bridgehead atoms. The summed E-state index contributed by atoms with van der Waals surface area (Å²) in [6.07, 6.45) is 5.86. The van der Waals surface area contributed by atoms with E-state index in [0.29, 0.717) is 23.7 Å². The van der Waals surface area contributed by atoms with Crippen molar-refractivity contribution in [1.29, 1.82) is 0 Å². The van der Waals surface area contributed by atoms with E-state index in [4.69, 9.17) is 16.2 Å². The Morgan fingerprint density at radius 1 is 1.15 bits per heavy atom. The molecule has 1 saturated carbocycles. The van der Waals surface area contributed by atoms with Crippen LogP contribution in [0.4, 0.5) is 11.5 Å². The Morgan fingerprint density at radius 2 is 1.94 bits per heavy atom. The fourth-order valence-corrected chi connectivity index (χ4v) is 4.26. The lowest BCUT2D eigenvalue weighted by molar-refractivity contribution is -0.136. The molecule has 2 fully saturated rings. The largest absolute Gasteiger partial charge is 0.389 e. The number of nitrogen functional groups attached to an aromatic ring is 1. The van der Waals surface area contributed by atoms with Gasteiger partial charge in [0.2, 0.25) is 0 Å². The van der Waals surface area contributed by atoms with Crippen molar-refractivity contribution >= 4 is 17.4 Å². The van der Waals surface area contributed by atoms with Crippen LogP contribution in [0.5, 0.6) is 0 Å². The summed E-state index contributed by atoms with van der Waals surface area (Å²) in [5.41, 5.74) is 14.8. The molecule has 0 spiro atoms. The fraction of sp³-hybridized carbons (Fsp3) is 0.333. The summed E-state index contributed by atoms with van der Waals surface area (Å²) < 4.78 is 6.25. The van der Waals surface area contributed by atoms with Gasteiger partial charge in [-0.1, -0.05) is 30.3 Å². The van der Waals surface area contributed by atoms with Crippen LogP contribution >= 0.6 is 0 Å². The second-order valence-electron chi connectivity index (χ2n) is 8.59. The van der Waals surface area contributed by atoms with Crippen LogP contribution in [-0.2, 0) is 4.74 Å². The van der Waals surface area contributed by atoms with Crippen LogP contribution in [0.1, 0.15) is 41.4 Å². The number of nitrogens with two attached hydrogens (primary N) is 2. The molecule has 2 aliphatic rings. The summed E-state index contributed by atoms with van der Waals surface area (Å²) in [4.78, 5) is 25.9. The fourth-order valence-electron chi connectivity index (χ4n) is 4.26. The topological polar surface area (TPSA) is 149 Å². The number of benzene rings is 1. The van der Waals surface area contributed by atoms with Gasteiger partial charge in [0.15, 0.2) is 11.5 Å². The molecule has 5 rings (SSSR count). The van der Waals surface area contributed by atoms with E-state index in [0.717, 1.165) is 24.0 Å². The minimum atomic E-state index is -0.690. The minimum absolute atomic E-state index is 0.0266. The molecule has 4 unspecified atom stereocenters. The van der Waals surface area contributed by atoms with Gasteiger partial charge in [0.05, 0.1) is 42.1 Å². The molecule has 1 aliphatic heterocycles. The zero-order chi connectivity index (χ0) is 22.9. The molecule has 170 valence electrons. The first-order chi connectivity index (χ1) is 16.0. The number of ether oxygens (including phenoxy) is 1. The van der Waals surface area contributed by atoms with Crippen LogP contribution in [0, 0.1) is 5.92 Å². The molecule has 6 N–H and O–H groups in total. The molecule has 1 aromatic carbocycles. The third-order valence-electron chi connectivity index (χ3n) is 6.20. The predicted octanol–water partition coefficient (Wildman–Crippen LogP) is 2.30. The average Bonchev–Trinajstić information content (AvgIpc) is 3.67. The van der Waals surface area contributed by atoms with Crippen LogP contribution in [0.15, 0.2) is 55.0 Å². The van der Waals surface area contributed by atoms with Crippen LogP contribution in [0.2, 0.25) is 0 Å². The van der Waals surface area contributed by atoms with Gasteiger partial charge in [0.1, 0.15) is 0 Å². The van der Waals surface area contributed by atoms with Gasteiger partial charge in [0, 0.05) is 23.4 Å². The lowest BCUT2D eigenvalue weighted by Crippen LogP contribution is -2.50. The molecule has 4 atom stereocenters. The van der Waals surface area contributed by atoms with Crippen LogP contribution in [-0.4, -0.2) is 44.2 Å². The molecule has 9 nitrogen and oxygen atoms in total. The highest BCUT2D eigenvalue weighted by Crippen LogP contribution is 2.43. The number of carbonyl (C=O) groups excluding carboxylic acids is 1. The molecular weight excluding hydrogens is 420 g/mol. The molecule has 1 saturated heterocycles. The number of aromatic nitrogens is 3. The van der Waals surface area contributed by atoms with E-state index in [-0.39, 0.29) is 23.7 Å². The second-order valence-corrected chi connectivity index (χ2v) is 8.59. The number of nitrogens with one attached hydrogen (secondary N) is 1. The molecule has 33 heavy (non-hydrogen) atoms. The number of hydrogen-bond donors (Lipinski definition) is 4. The molecule has 9 heteroatoms. The lowest BCUT2D eigenvalue weighted by atomic mass is 9.90. The third kappa shape index (κ3) is 4.43. The first-order valence-electron chi connectivity index (χ1n) is 11.0. The van der Waals surface area contributed by atoms with Crippen molar-refractivity contribution in [3.05, 3.63) is 66.2 Å². The van der Waals surface area contributed by atoms with E-state index in [1.54, 1.807) is 18.5 Å². The van der Waals surface area contributed by atoms with Crippen molar-refractivity contribution in [2.75, 3.05) is 11.1 Å². The van der Waals surface area contributed by atoms with Crippen LogP contribution in [0.3, 0.4) is 0 Å². The predicted molar refractivity (Wildman–Crippen MR) is 123 cm³/mol. The van der Waals surface area contributed by atoms with Gasteiger partial charge in [0.25, 0.3) is 5.91 Å². The van der Waals surface area contributed by atoms with Gasteiger partial charge in [-0.05, 0) is 31.2 Å².